The number of nitrogens with zero attached hydrogens (tertiary/aromatic N) is 3. The number of aliphatic hydroxyl groups excluding tert-OH is 1. The minimum atomic E-state index is -0.675. The van der Waals surface area contributed by atoms with Gasteiger partial charge in [0.25, 0.3) is 0 Å². The van der Waals surface area contributed by atoms with Gasteiger partial charge in [-0.25, -0.2) is 9.97 Å². The van der Waals surface area contributed by atoms with Gasteiger partial charge in [0.15, 0.2) is 16.7 Å². The smallest absolute Gasteiger partial charge is 0.231 e. The summed E-state index contributed by atoms with van der Waals surface area (Å²) in [5, 5.41) is 9.52. The van der Waals surface area contributed by atoms with E-state index < -0.39 is 6.10 Å². The Balaban J connectivity index is 2.40. The predicted molar refractivity (Wildman–Crippen MR) is 56.6 cm³/mol. The van der Waals surface area contributed by atoms with Gasteiger partial charge in [-0.1, -0.05) is 11.6 Å². The molecule has 1 unspecified atom stereocenters. The molecule has 1 atom stereocenters. The SMILES string of the molecule is COc1c(Cl)ncnc1N1CC(O)CC1=O. The number of hydrogen-bond acceptors (Lipinski definition) is 5. The molecule has 86 valence electrons. The van der Waals surface area contributed by atoms with Crippen molar-refractivity contribution in [2.24, 2.45) is 0 Å². The Kier molecular flexibility index (Phi) is 2.93. The lowest BCUT2D eigenvalue weighted by atomic mass is 10.3. The van der Waals surface area contributed by atoms with Gasteiger partial charge in [0.1, 0.15) is 6.33 Å². The molecule has 0 spiro atoms. The van der Waals surface area contributed by atoms with Gasteiger partial charge in [0.2, 0.25) is 5.91 Å². The fourth-order valence-electron chi connectivity index (χ4n) is 1.60. The number of halogens is 1. The van der Waals surface area contributed by atoms with Crippen molar-refractivity contribution in [2.45, 2.75) is 12.5 Å². The lowest BCUT2D eigenvalue weighted by Crippen LogP contribution is -2.26. The number of amides is 1. The Bertz CT molecular complexity index is 426. The number of carbonyl (C=O) groups is 1. The standard InChI is InChI=1S/C9H10ClN3O3/c1-16-7-8(10)11-4-12-9(7)13-3-5(14)2-6(13)15/h4-5,14H,2-3H2,1H3. The molecular weight excluding hydrogens is 234 g/mol. The highest BCUT2D eigenvalue weighted by Gasteiger charge is 2.32. The summed E-state index contributed by atoms with van der Waals surface area (Å²) < 4.78 is 5.04. The molecule has 1 saturated heterocycles. The monoisotopic (exact) mass is 243 g/mol. The predicted octanol–water partition coefficient (Wildman–Crippen LogP) is 0.236. The topological polar surface area (TPSA) is 75.6 Å². The zero-order chi connectivity index (χ0) is 11.7. The number of aromatic nitrogens is 2. The van der Waals surface area contributed by atoms with Crippen LogP contribution < -0.4 is 9.64 Å². The second-order valence-electron chi connectivity index (χ2n) is 3.38. The van der Waals surface area contributed by atoms with Crippen LogP contribution >= 0.6 is 11.6 Å². The quantitative estimate of drug-likeness (QED) is 0.753. The van der Waals surface area contributed by atoms with E-state index in [4.69, 9.17) is 16.3 Å². The molecule has 1 N–H and O–H groups in total. The number of ether oxygens (including phenoxy) is 1. The van der Waals surface area contributed by atoms with Crippen LogP contribution in [0.25, 0.3) is 0 Å². The maximum atomic E-state index is 11.6. The Morgan fingerprint density at radius 1 is 1.62 bits per heavy atom. The molecule has 0 aliphatic carbocycles. The number of aliphatic hydroxyl groups is 1. The molecule has 6 nitrogen and oxygen atoms in total. The average Bonchev–Trinajstić information content (AvgIpc) is 2.57. The molecule has 1 amide bonds. The molecule has 0 radical (unpaired) electrons. The molecule has 1 fully saturated rings. The first-order chi connectivity index (χ1) is 7.63. The molecule has 1 aliphatic heterocycles. The first kappa shape index (κ1) is 11.1. The maximum absolute atomic E-state index is 11.6. The lowest BCUT2D eigenvalue weighted by Gasteiger charge is -2.17. The van der Waals surface area contributed by atoms with Crippen molar-refractivity contribution in [2.75, 3.05) is 18.6 Å². The minimum absolute atomic E-state index is 0.0881. The third-order valence-electron chi connectivity index (χ3n) is 2.31. The summed E-state index contributed by atoms with van der Waals surface area (Å²) in [5.41, 5.74) is 0. The Morgan fingerprint density at radius 3 is 2.94 bits per heavy atom. The fraction of sp³-hybridized carbons (Fsp3) is 0.444. The van der Waals surface area contributed by atoms with Crippen LogP contribution in [0.1, 0.15) is 6.42 Å². The molecule has 16 heavy (non-hydrogen) atoms. The van der Waals surface area contributed by atoms with Gasteiger partial charge in [-0.05, 0) is 0 Å². The van der Waals surface area contributed by atoms with Crippen LogP contribution in [0.4, 0.5) is 5.82 Å². The molecule has 2 heterocycles. The molecule has 0 aromatic carbocycles. The molecule has 7 heteroatoms. The summed E-state index contributed by atoms with van der Waals surface area (Å²) in [6.07, 6.45) is 0.661. The maximum Gasteiger partial charge on any atom is 0.231 e. The van der Waals surface area contributed by atoms with Crippen molar-refractivity contribution in [1.29, 1.82) is 0 Å². The van der Waals surface area contributed by atoms with Gasteiger partial charge in [-0.3, -0.25) is 9.69 Å². The summed E-state index contributed by atoms with van der Waals surface area (Å²) in [6, 6.07) is 0. The van der Waals surface area contributed by atoms with Gasteiger partial charge in [0.05, 0.1) is 26.2 Å². The van der Waals surface area contributed by atoms with E-state index in [2.05, 4.69) is 9.97 Å². The highest BCUT2D eigenvalue weighted by atomic mass is 35.5. The van der Waals surface area contributed by atoms with Crippen molar-refractivity contribution >= 4 is 23.3 Å². The van der Waals surface area contributed by atoms with Crippen LogP contribution in [0.15, 0.2) is 6.33 Å². The van der Waals surface area contributed by atoms with Gasteiger partial charge in [0, 0.05) is 0 Å². The van der Waals surface area contributed by atoms with E-state index in [9.17, 15) is 9.90 Å². The Labute approximate surface area is 96.8 Å². The van der Waals surface area contributed by atoms with Crippen molar-refractivity contribution < 1.29 is 14.6 Å². The van der Waals surface area contributed by atoms with Crippen molar-refractivity contribution in [3.8, 4) is 5.75 Å². The fourth-order valence-corrected chi connectivity index (χ4v) is 1.81. The molecular formula is C9H10ClN3O3. The minimum Gasteiger partial charge on any atom is -0.490 e. The molecule has 0 bridgehead atoms. The van der Waals surface area contributed by atoms with Crippen molar-refractivity contribution in [3.05, 3.63) is 11.5 Å². The zero-order valence-corrected chi connectivity index (χ0v) is 9.31. The number of β-amino-alcohol motifs (C(OH)–C–C–N with tert-alkyl or cyclic N) is 1. The number of methoxy groups -OCH3 is 1. The summed E-state index contributed by atoms with van der Waals surface area (Å²) in [5.74, 6) is 0.330. The lowest BCUT2D eigenvalue weighted by molar-refractivity contribution is -0.117. The molecule has 1 aromatic heterocycles. The van der Waals surface area contributed by atoms with Gasteiger partial charge in [-0.15, -0.1) is 0 Å². The van der Waals surface area contributed by atoms with Gasteiger partial charge >= 0.3 is 0 Å². The number of rotatable bonds is 2. The van der Waals surface area contributed by atoms with E-state index in [-0.39, 0.29) is 29.8 Å². The van der Waals surface area contributed by atoms with E-state index in [1.807, 2.05) is 0 Å². The Hall–Kier alpha value is -1.40. The van der Waals surface area contributed by atoms with Crippen LogP contribution in [0.5, 0.6) is 5.75 Å². The van der Waals surface area contributed by atoms with Gasteiger partial charge in [-0.2, -0.15) is 0 Å². The first-order valence-electron chi connectivity index (χ1n) is 4.66. The van der Waals surface area contributed by atoms with E-state index in [1.165, 1.54) is 18.3 Å². The second kappa shape index (κ2) is 4.23. The van der Waals surface area contributed by atoms with E-state index >= 15 is 0 Å². The highest BCUT2D eigenvalue weighted by Crippen LogP contribution is 2.33. The van der Waals surface area contributed by atoms with Crippen LogP contribution in [-0.4, -0.2) is 40.7 Å². The van der Waals surface area contributed by atoms with Crippen LogP contribution in [0, 0.1) is 0 Å². The molecule has 1 aliphatic rings. The van der Waals surface area contributed by atoms with E-state index in [0.717, 1.165) is 0 Å². The van der Waals surface area contributed by atoms with Crippen molar-refractivity contribution in [1.82, 2.24) is 9.97 Å². The van der Waals surface area contributed by atoms with E-state index in [0.29, 0.717) is 5.82 Å². The van der Waals surface area contributed by atoms with Crippen molar-refractivity contribution in [3.63, 3.8) is 0 Å². The molecule has 0 saturated carbocycles. The summed E-state index contributed by atoms with van der Waals surface area (Å²) in [4.78, 5) is 20.6. The first-order valence-corrected chi connectivity index (χ1v) is 5.04. The third-order valence-corrected chi connectivity index (χ3v) is 2.58. The number of carbonyl (C=O) groups excluding carboxylic acids is 1. The largest absolute Gasteiger partial charge is 0.490 e. The highest BCUT2D eigenvalue weighted by molar-refractivity contribution is 6.31. The van der Waals surface area contributed by atoms with Crippen LogP contribution in [0.2, 0.25) is 5.15 Å². The Morgan fingerprint density at radius 2 is 2.38 bits per heavy atom. The zero-order valence-electron chi connectivity index (χ0n) is 8.55. The summed E-state index contributed by atoms with van der Waals surface area (Å²) in [7, 11) is 1.42. The molecule has 1 aromatic rings. The van der Waals surface area contributed by atoms with Crippen LogP contribution in [-0.2, 0) is 4.79 Å². The summed E-state index contributed by atoms with van der Waals surface area (Å²) >= 11 is 5.82. The average molecular weight is 244 g/mol. The summed E-state index contributed by atoms with van der Waals surface area (Å²) in [6.45, 7) is 0.197. The van der Waals surface area contributed by atoms with Crippen LogP contribution in [0.3, 0.4) is 0 Å². The second-order valence-corrected chi connectivity index (χ2v) is 3.74. The van der Waals surface area contributed by atoms with Gasteiger partial charge < -0.3 is 9.84 Å². The number of anilines is 1. The normalized spacial score (nSPS) is 20.3. The molecule has 2 rings (SSSR count). The number of hydrogen-bond donors (Lipinski definition) is 1. The van der Waals surface area contributed by atoms with E-state index in [1.54, 1.807) is 0 Å². The third kappa shape index (κ3) is 1.81.